The lowest BCUT2D eigenvalue weighted by Crippen LogP contribution is -2.78. The van der Waals surface area contributed by atoms with E-state index < -0.39 is 35.0 Å². The van der Waals surface area contributed by atoms with E-state index in [4.69, 9.17) is 11.5 Å². The highest BCUT2D eigenvalue weighted by Crippen LogP contribution is 2.60. The van der Waals surface area contributed by atoms with Crippen molar-refractivity contribution in [3.63, 3.8) is 0 Å². The van der Waals surface area contributed by atoms with Crippen LogP contribution in [0.1, 0.15) is 51.4 Å². The maximum atomic E-state index is 13.8. The van der Waals surface area contributed by atoms with Crippen LogP contribution in [0.3, 0.4) is 0 Å². The maximum absolute atomic E-state index is 13.8. The van der Waals surface area contributed by atoms with Crippen LogP contribution in [0.2, 0.25) is 0 Å². The molecule has 6 fully saturated rings. The molecule has 8 aliphatic rings. The minimum Gasteiger partial charge on any atom is -0.370 e. The molecule has 3 amide bonds. The number of likely N-dealkylation sites (tertiary alicyclic amines) is 1. The molecule has 4 heterocycles. The predicted octanol–water partition coefficient (Wildman–Crippen LogP) is -2.49. The van der Waals surface area contributed by atoms with E-state index in [0.717, 1.165) is 24.2 Å². The van der Waals surface area contributed by atoms with E-state index >= 15 is 0 Å². The summed E-state index contributed by atoms with van der Waals surface area (Å²) in [7, 11) is 0. The zero-order valence-corrected chi connectivity index (χ0v) is 20.6. The Morgan fingerprint density at radius 3 is 2.22 bits per heavy atom. The third-order valence-corrected chi connectivity index (χ3v) is 10.2. The van der Waals surface area contributed by atoms with Crippen LogP contribution in [0.5, 0.6) is 0 Å². The fourth-order valence-electron chi connectivity index (χ4n) is 8.95. The van der Waals surface area contributed by atoms with Gasteiger partial charge in [-0.2, -0.15) is 0 Å². The number of nitrogens with zero attached hydrogens (tertiary/aromatic N) is 4. The average molecular weight is 515 g/mol. The van der Waals surface area contributed by atoms with Crippen LogP contribution < -0.4 is 22.1 Å². The van der Waals surface area contributed by atoms with Gasteiger partial charge in [-0.25, -0.2) is 9.98 Å². The SMILES string of the molecule is NC1=N[C@H]2[C@H](CN3C(=O)CCC3=O)N=C(N)N3C[C@H](NC(=O)C45CC6CC(CC(C6)C4)C5)C(O)(O)[C@]23N1. The number of rotatable bonds is 4. The Bertz CT molecular complexity index is 1100. The first-order valence-corrected chi connectivity index (χ1v) is 13.3. The summed E-state index contributed by atoms with van der Waals surface area (Å²) >= 11 is 0. The first-order chi connectivity index (χ1) is 17.5. The Kier molecular flexibility index (Phi) is 4.60. The Labute approximate surface area is 213 Å². The molecule has 4 bridgehead atoms. The topological polar surface area (TPSA) is 199 Å². The highest BCUT2D eigenvalue weighted by Gasteiger charge is 2.74. The molecule has 13 heteroatoms. The lowest BCUT2D eigenvalue weighted by molar-refractivity contribution is -0.232. The molecule has 4 aliphatic carbocycles. The van der Waals surface area contributed by atoms with Crippen LogP contribution in [-0.2, 0) is 14.4 Å². The van der Waals surface area contributed by atoms with Crippen molar-refractivity contribution in [3.05, 3.63) is 0 Å². The summed E-state index contributed by atoms with van der Waals surface area (Å²) in [5.41, 5.74) is 10.2. The van der Waals surface area contributed by atoms with Gasteiger partial charge in [0.2, 0.25) is 23.5 Å². The summed E-state index contributed by atoms with van der Waals surface area (Å²) in [6, 6.07) is -2.89. The molecule has 0 aromatic rings. The smallest absolute Gasteiger partial charge is 0.231 e. The number of amides is 3. The molecule has 0 unspecified atom stereocenters. The van der Waals surface area contributed by atoms with E-state index in [1.807, 2.05) is 0 Å². The van der Waals surface area contributed by atoms with Gasteiger partial charge in [-0.3, -0.25) is 19.3 Å². The molecule has 0 radical (unpaired) electrons. The van der Waals surface area contributed by atoms with Crippen molar-refractivity contribution in [2.45, 2.75) is 80.9 Å². The third kappa shape index (κ3) is 3.01. The Hall–Kier alpha value is -2.93. The number of guanidine groups is 2. The van der Waals surface area contributed by atoms with E-state index in [9.17, 15) is 24.6 Å². The average Bonchev–Trinajstić information content (AvgIpc) is 3.41. The lowest BCUT2D eigenvalue weighted by Gasteiger charge is -2.56. The second-order valence-electron chi connectivity index (χ2n) is 12.4. The van der Waals surface area contributed by atoms with Crippen molar-refractivity contribution in [1.82, 2.24) is 20.4 Å². The maximum Gasteiger partial charge on any atom is 0.231 e. The van der Waals surface area contributed by atoms with Crippen LogP contribution in [0.25, 0.3) is 0 Å². The Morgan fingerprint density at radius 1 is 1.03 bits per heavy atom. The van der Waals surface area contributed by atoms with Crippen LogP contribution in [-0.4, -0.2) is 92.3 Å². The number of hydrogen-bond donors (Lipinski definition) is 6. The molecular weight excluding hydrogens is 480 g/mol. The molecule has 13 nitrogen and oxygen atoms in total. The fraction of sp³-hybridized carbons (Fsp3) is 0.792. The summed E-state index contributed by atoms with van der Waals surface area (Å²) in [4.78, 5) is 49.9. The minimum atomic E-state index is -2.53. The molecule has 4 atom stereocenters. The second-order valence-corrected chi connectivity index (χ2v) is 12.4. The number of nitrogens with two attached hydrogens (primary N) is 2. The zero-order chi connectivity index (χ0) is 25.9. The first-order valence-electron chi connectivity index (χ1n) is 13.3. The van der Waals surface area contributed by atoms with Crippen molar-refractivity contribution in [2.24, 2.45) is 44.6 Å². The molecule has 4 saturated carbocycles. The van der Waals surface area contributed by atoms with Gasteiger partial charge in [0.05, 0.1) is 12.6 Å². The van der Waals surface area contributed by atoms with Crippen molar-refractivity contribution >= 4 is 29.6 Å². The van der Waals surface area contributed by atoms with E-state index in [2.05, 4.69) is 20.6 Å². The number of nitrogens with one attached hydrogen (secondary N) is 2. The van der Waals surface area contributed by atoms with Crippen LogP contribution in [0.15, 0.2) is 9.98 Å². The summed E-state index contributed by atoms with van der Waals surface area (Å²) < 4.78 is 0. The molecular formula is C24H34N8O5. The van der Waals surface area contributed by atoms with Crippen molar-refractivity contribution in [3.8, 4) is 0 Å². The highest BCUT2D eigenvalue weighted by molar-refractivity contribution is 6.02. The quantitative estimate of drug-likeness (QED) is 0.174. The summed E-state index contributed by atoms with van der Waals surface area (Å²) in [6.45, 7) is -0.113. The van der Waals surface area contributed by atoms with Gasteiger partial charge >= 0.3 is 0 Å². The molecule has 0 aromatic heterocycles. The molecule has 4 aliphatic heterocycles. The fourth-order valence-corrected chi connectivity index (χ4v) is 8.95. The zero-order valence-electron chi connectivity index (χ0n) is 20.6. The van der Waals surface area contributed by atoms with Gasteiger partial charge in [0.15, 0.2) is 17.6 Å². The van der Waals surface area contributed by atoms with Gasteiger partial charge in [0.1, 0.15) is 12.1 Å². The van der Waals surface area contributed by atoms with Gasteiger partial charge in [0.25, 0.3) is 0 Å². The number of hydrogen-bond acceptors (Lipinski definition) is 11. The molecule has 8 N–H and O–H groups in total. The lowest BCUT2D eigenvalue weighted by atomic mass is 9.49. The third-order valence-electron chi connectivity index (χ3n) is 10.2. The van der Waals surface area contributed by atoms with Crippen molar-refractivity contribution in [1.29, 1.82) is 0 Å². The minimum absolute atomic E-state index is 0.00299. The van der Waals surface area contributed by atoms with E-state index in [0.29, 0.717) is 17.8 Å². The highest BCUT2D eigenvalue weighted by atomic mass is 16.5. The molecule has 1 spiro atoms. The summed E-state index contributed by atoms with van der Waals surface area (Å²) in [5.74, 6) is -1.65. The predicted molar refractivity (Wildman–Crippen MR) is 129 cm³/mol. The first kappa shape index (κ1) is 23.2. The van der Waals surface area contributed by atoms with Gasteiger partial charge in [-0.05, 0) is 56.3 Å². The standard InChI is InChI=1S/C24H34N8O5/c25-20-29-18-14(9-31-16(33)1-2-17(31)34)27-21(26)32-10-15(24(36,37)23(18,32)30-20)28-19(35)22-6-11-3-12(7-22)5-13(4-11)8-22/h11-15,18,36-37H,1-10H2,(H2,26,27)(H,28,35)(H3,25,29,30)/t11?,12?,13?,14-,15-,18-,22?,23-/m0/s1. The molecule has 0 aromatic carbocycles. The van der Waals surface area contributed by atoms with Gasteiger partial charge in [0, 0.05) is 24.8 Å². The van der Waals surface area contributed by atoms with Crippen LogP contribution >= 0.6 is 0 Å². The van der Waals surface area contributed by atoms with Gasteiger partial charge in [-0.1, -0.05) is 0 Å². The molecule has 200 valence electrons. The van der Waals surface area contributed by atoms with E-state index in [-0.39, 0.29) is 55.6 Å². The molecule has 2 saturated heterocycles. The number of aliphatic imine (C=N–C) groups is 2. The van der Waals surface area contributed by atoms with Crippen molar-refractivity contribution in [2.75, 3.05) is 13.1 Å². The van der Waals surface area contributed by atoms with Gasteiger partial charge < -0.3 is 37.2 Å². The monoisotopic (exact) mass is 514 g/mol. The molecule has 37 heavy (non-hydrogen) atoms. The second kappa shape index (κ2) is 7.34. The van der Waals surface area contributed by atoms with Crippen LogP contribution in [0.4, 0.5) is 0 Å². The number of imide groups is 1. The van der Waals surface area contributed by atoms with E-state index in [1.165, 1.54) is 24.2 Å². The van der Waals surface area contributed by atoms with E-state index in [1.54, 1.807) is 0 Å². The Morgan fingerprint density at radius 2 is 1.62 bits per heavy atom. The largest absolute Gasteiger partial charge is 0.370 e. The number of carbonyl (C=O) groups is 3. The molecule has 8 rings (SSSR count). The van der Waals surface area contributed by atoms with Gasteiger partial charge in [-0.15, -0.1) is 0 Å². The number of aliphatic hydroxyl groups is 2. The number of carbonyl (C=O) groups excluding carboxylic acids is 3. The van der Waals surface area contributed by atoms with Crippen molar-refractivity contribution < 1.29 is 24.6 Å². The summed E-state index contributed by atoms with van der Waals surface area (Å²) in [5, 5.41) is 29.3. The summed E-state index contributed by atoms with van der Waals surface area (Å²) in [6.07, 6.45) is 6.35. The normalized spacial score (nSPS) is 44.9. The van der Waals surface area contributed by atoms with Crippen LogP contribution in [0, 0.1) is 23.2 Å². The Balaban J connectivity index is 1.18.